The minimum absolute atomic E-state index is 0. The van der Waals surface area contributed by atoms with E-state index in [4.69, 9.17) is 5.11 Å². The van der Waals surface area contributed by atoms with Gasteiger partial charge in [0.25, 0.3) is 0 Å². The molecule has 1 heterocycles. The number of aryl methyl sites for hydroxylation is 1. The maximum atomic E-state index is 10.0. The zero-order valence-electron chi connectivity index (χ0n) is 5.27. The summed E-state index contributed by atoms with van der Waals surface area (Å²) < 4.78 is 1.48. The molecule has 11 heavy (non-hydrogen) atoms. The zero-order chi connectivity index (χ0) is 7.40. The van der Waals surface area contributed by atoms with E-state index in [1.54, 1.807) is 6.20 Å². The first-order valence-electron chi connectivity index (χ1n) is 2.85. The van der Waals surface area contributed by atoms with E-state index in [-0.39, 0.29) is 36.0 Å². The van der Waals surface area contributed by atoms with Crippen LogP contribution in [0.25, 0.3) is 0 Å². The summed E-state index contributed by atoms with van der Waals surface area (Å²) in [6, 6.07) is 0. The first kappa shape index (κ1) is 10.6. The fourth-order valence-electron chi connectivity index (χ4n) is 0.562. The number of carbonyl (C=O) groups is 1. The van der Waals surface area contributed by atoms with E-state index in [1.807, 2.05) is 0 Å². The van der Waals surface area contributed by atoms with Crippen molar-refractivity contribution in [3.63, 3.8) is 0 Å². The Kier molecular flexibility index (Phi) is 5.10. The molecule has 56 valence electrons. The summed E-state index contributed by atoms with van der Waals surface area (Å²) in [5.74, 6) is -0.824. The van der Waals surface area contributed by atoms with Crippen LogP contribution in [-0.2, 0) is 11.3 Å². The van der Waals surface area contributed by atoms with Gasteiger partial charge in [-0.3, -0.25) is 9.48 Å². The van der Waals surface area contributed by atoms with Crippen LogP contribution in [0.3, 0.4) is 0 Å². The Labute approximate surface area is 85.7 Å². The van der Waals surface area contributed by atoms with Crippen LogP contribution in [0.4, 0.5) is 0 Å². The van der Waals surface area contributed by atoms with Crippen molar-refractivity contribution in [2.45, 2.75) is 13.0 Å². The second-order valence-corrected chi connectivity index (χ2v) is 1.81. The number of aromatic nitrogens is 3. The normalized spacial score (nSPS) is 8.73. The van der Waals surface area contributed by atoms with Crippen LogP contribution in [0.5, 0.6) is 0 Å². The molecule has 0 saturated carbocycles. The fourth-order valence-corrected chi connectivity index (χ4v) is 0.562. The second kappa shape index (κ2) is 5.29. The molecule has 0 spiro atoms. The fraction of sp³-hybridized carbons (Fsp3) is 0.400. The molecule has 1 N–H and O–H groups in total. The van der Waals surface area contributed by atoms with Gasteiger partial charge in [0.1, 0.15) is 0 Å². The van der Waals surface area contributed by atoms with Crippen molar-refractivity contribution in [3.8, 4) is 0 Å². The monoisotopic (exact) mass is 165 g/mol. The first-order valence-corrected chi connectivity index (χ1v) is 2.85. The summed E-state index contributed by atoms with van der Waals surface area (Å²) in [5, 5.41) is 15.4. The Balaban J connectivity index is 0.000001000. The molecule has 0 atom stereocenters. The average molecular weight is 165 g/mol. The molecule has 1 aromatic rings. The first-order chi connectivity index (χ1) is 4.79. The van der Waals surface area contributed by atoms with E-state index in [2.05, 4.69) is 10.3 Å². The molecule has 1 aromatic heterocycles. The summed E-state index contributed by atoms with van der Waals surface area (Å²) in [6.07, 6.45) is 3.23. The number of aliphatic carboxylic acids is 1. The van der Waals surface area contributed by atoms with Gasteiger partial charge in [0, 0.05) is 6.20 Å². The van der Waals surface area contributed by atoms with Crippen molar-refractivity contribution < 1.29 is 9.90 Å². The van der Waals surface area contributed by atoms with Gasteiger partial charge >= 0.3 is 35.5 Å². The maximum absolute atomic E-state index is 10.0. The predicted molar refractivity (Wildman–Crippen MR) is 39.4 cm³/mol. The van der Waals surface area contributed by atoms with Crippen LogP contribution in [0.15, 0.2) is 12.4 Å². The molecular weight excluding hydrogens is 157 g/mol. The van der Waals surface area contributed by atoms with Gasteiger partial charge in [0.2, 0.25) is 0 Å². The third-order valence-electron chi connectivity index (χ3n) is 1.03. The number of rotatable bonds is 3. The molecule has 0 aliphatic heterocycles. The van der Waals surface area contributed by atoms with Gasteiger partial charge in [-0.1, -0.05) is 5.21 Å². The van der Waals surface area contributed by atoms with Gasteiger partial charge < -0.3 is 5.11 Å². The van der Waals surface area contributed by atoms with Gasteiger partial charge in [-0.25, -0.2) is 0 Å². The quantitative estimate of drug-likeness (QED) is 0.589. The SMILES string of the molecule is O=C(O)CCn1ccnn1.[NaH]. The molecule has 0 aliphatic carbocycles. The van der Waals surface area contributed by atoms with Gasteiger partial charge in [-0.05, 0) is 0 Å². The summed E-state index contributed by atoms with van der Waals surface area (Å²) in [4.78, 5) is 10.0. The van der Waals surface area contributed by atoms with Gasteiger partial charge in [0.05, 0.1) is 19.2 Å². The summed E-state index contributed by atoms with van der Waals surface area (Å²) in [5.41, 5.74) is 0. The Morgan fingerprint density at radius 3 is 2.82 bits per heavy atom. The van der Waals surface area contributed by atoms with Gasteiger partial charge in [-0.15, -0.1) is 5.10 Å². The third kappa shape index (κ3) is 4.13. The van der Waals surface area contributed by atoms with Crippen LogP contribution < -0.4 is 0 Å². The van der Waals surface area contributed by atoms with Crippen molar-refractivity contribution in [3.05, 3.63) is 12.4 Å². The van der Waals surface area contributed by atoms with Crippen molar-refractivity contribution in [1.29, 1.82) is 0 Å². The summed E-state index contributed by atoms with van der Waals surface area (Å²) in [7, 11) is 0. The molecule has 0 unspecified atom stereocenters. The van der Waals surface area contributed by atoms with Crippen molar-refractivity contribution >= 4 is 35.5 Å². The van der Waals surface area contributed by atoms with E-state index >= 15 is 0 Å². The molecule has 0 aromatic carbocycles. The molecule has 0 radical (unpaired) electrons. The number of hydrogen-bond donors (Lipinski definition) is 1. The summed E-state index contributed by atoms with van der Waals surface area (Å²) >= 11 is 0. The Morgan fingerprint density at radius 2 is 2.36 bits per heavy atom. The Hall–Kier alpha value is -0.390. The van der Waals surface area contributed by atoms with Crippen LogP contribution in [0.2, 0.25) is 0 Å². The predicted octanol–water partition coefficient (Wildman–Crippen LogP) is -0.896. The minimum atomic E-state index is -0.824. The van der Waals surface area contributed by atoms with E-state index < -0.39 is 5.97 Å². The molecule has 0 amide bonds. The van der Waals surface area contributed by atoms with E-state index in [1.165, 1.54) is 10.9 Å². The van der Waals surface area contributed by atoms with Crippen LogP contribution in [-0.4, -0.2) is 55.6 Å². The number of carboxylic acid groups (broad SMARTS) is 1. The van der Waals surface area contributed by atoms with Crippen LogP contribution in [0.1, 0.15) is 6.42 Å². The number of hydrogen-bond acceptors (Lipinski definition) is 3. The molecule has 5 nitrogen and oxygen atoms in total. The molecule has 1 rings (SSSR count). The average Bonchev–Trinajstić information content (AvgIpc) is 2.34. The molecular formula is C5H8N3NaO2. The Bertz CT molecular complexity index is 212. The third-order valence-corrected chi connectivity index (χ3v) is 1.03. The zero-order valence-corrected chi connectivity index (χ0v) is 5.27. The van der Waals surface area contributed by atoms with Crippen molar-refractivity contribution in [2.24, 2.45) is 0 Å². The molecule has 0 aliphatic rings. The van der Waals surface area contributed by atoms with Crippen molar-refractivity contribution in [1.82, 2.24) is 15.0 Å². The van der Waals surface area contributed by atoms with Gasteiger partial charge in [-0.2, -0.15) is 0 Å². The standard InChI is InChI=1S/C5H7N3O2.Na.H/c9-5(10)1-3-8-4-2-6-7-8;;/h2,4H,1,3H2,(H,9,10);;. The molecule has 0 bridgehead atoms. The summed E-state index contributed by atoms with van der Waals surface area (Å²) in [6.45, 7) is 0.384. The van der Waals surface area contributed by atoms with Gasteiger partial charge in [0.15, 0.2) is 0 Å². The van der Waals surface area contributed by atoms with E-state index in [0.717, 1.165) is 0 Å². The topological polar surface area (TPSA) is 68.0 Å². The number of carboxylic acids is 1. The Morgan fingerprint density at radius 1 is 1.64 bits per heavy atom. The second-order valence-electron chi connectivity index (χ2n) is 1.81. The molecule has 0 saturated heterocycles. The molecule has 0 fully saturated rings. The van der Waals surface area contributed by atoms with Crippen molar-refractivity contribution in [2.75, 3.05) is 0 Å². The van der Waals surface area contributed by atoms with Crippen LogP contribution in [0, 0.1) is 0 Å². The van der Waals surface area contributed by atoms with E-state index in [9.17, 15) is 4.79 Å². The molecule has 6 heteroatoms. The van der Waals surface area contributed by atoms with Crippen LogP contribution >= 0.6 is 0 Å². The number of nitrogens with zero attached hydrogens (tertiary/aromatic N) is 3. The van der Waals surface area contributed by atoms with E-state index in [0.29, 0.717) is 6.54 Å².